The highest BCUT2D eigenvalue weighted by Crippen LogP contribution is 2.26. The van der Waals surface area contributed by atoms with Crippen molar-refractivity contribution in [2.24, 2.45) is 11.7 Å². The van der Waals surface area contributed by atoms with E-state index in [1.807, 2.05) is 0 Å². The first kappa shape index (κ1) is 14.3. The molecule has 19 heavy (non-hydrogen) atoms. The molecule has 1 aliphatic rings. The smallest absolute Gasteiger partial charge is 0.129 e. The van der Waals surface area contributed by atoms with Crippen LogP contribution >= 0.6 is 0 Å². The van der Waals surface area contributed by atoms with Crippen molar-refractivity contribution in [2.75, 3.05) is 18.0 Å². The molecule has 3 heteroatoms. The van der Waals surface area contributed by atoms with Gasteiger partial charge in [0.1, 0.15) is 5.82 Å². The molecule has 0 radical (unpaired) electrons. The number of nitrogens with two attached hydrogens (primary N) is 1. The van der Waals surface area contributed by atoms with Gasteiger partial charge in [-0.05, 0) is 42.4 Å². The van der Waals surface area contributed by atoms with Gasteiger partial charge in [-0.2, -0.15) is 0 Å². The molecule has 106 valence electrons. The van der Waals surface area contributed by atoms with Crippen LogP contribution in [0.3, 0.4) is 0 Å². The molecule has 1 unspecified atom stereocenters. The maximum Gasteiger partial charge on any atom is 0.129 e. The lowest BCUT2D eigenvalue weighted by molar-refractivity contribution is 0.402. The van der Waals surface area contributed by atoms with E-state index in [1.54, 1.807) is 0 Å². The van der Waals surface area contributed by atoms with Gasteiger partial charge in [-0.1, -0.05) is 27.2 Å². The molecule has 1 saturated heterocycles. The highest BCUT2D eigenvalue weighted by molar-refractivity contribution is 5.43. The number of aromatic nitrogens is 1. The summed E-state index contributed by atoms with van der Waals surface area (Å²) in [5, 5.41) is 0. The van der Waals surface area contributed by atoms with Crippen molar-refractivity contribution in [2.45, 2.75) is 52.5 Å². The molecule has 1 aromatic heterocycles. The molecule has 0 saturated carbocycles. The van der Waals surface area contributed by atoms with Gasteiger partial charge in [-0.3, -0.25) is 0 Å². The van der Waals surface area contributed by atoms with E-state index < -0.39 is 0 Å². The molecular formula is C16H27N3. The second-order valence-corrected chi connectivity index (χ2v) is 5.98. The molecule has 2 rings (SSSR count). The Labute approximate surface area is 117 Å². The van der Waals surface area contributed by atoms with E-state index in [9.17, 15) is 0 Å². The van der Waals surface area contributed by atoms with E-state index in [2.05, 4.69) is 37.8 Å². The molecule has 0 amide bonds. The Hall–Kier alpha value is -1.09. The van der Waals surface area contributed by atoms with Gasteiger partial charge in [0, 0.05) is 25.3 Å². The predicted octanol–water partition coefficient (Wildman–Crippen LogP) is 3.29. The van der Waals surface area contributed by atoms with Crippen LogP contribution < -0.4 is 10.6 Å². The van der Waals surface area contributed by atoms with Crippen LogP contribution in [0.1, 0.15) is 57.2 Å². The third-order valence-electron chi connectivity index (χ3n) is 4.14. The van der Waals surface area contributed by atoms with Crippen LogP contribution in [0.15, 0.2) is 12.1 Å². The highest BCUT2D eigenvalue weighted by Gasteiger charge is 2.20. The van der Waals surface area contributed by atoms with Gasteiger partial charge in [0.05, 0.1) is 0 Å². The standard InChI is InChI=1S/C16H27N3/c1-4-13-6-5-7-19(11-13)16-9-14(10-17)8-15(18-16)12(2)3/h8-9,12-13H,4-7,10-11,17H2,1-3H3. The van der Waals surface area contributed by atoms with Gasteiger partial charge in [-0.25, -0.2) is 4.98 Å². The molecule has 3 nitrogen and oxygen atoms in total. The lowest BCUT2D eigenvalue weighted by atomic mass is 9.95. The average molecular weight is 261 g/mol. The first-order valence-electron chi connectivity index (χ1n) is 7.60. The summed E-state index contributed by atoms with van der Waals surface area (Å²) in [5.41, 5.74) is 8.19. The van der Waals surface area contributed by atoms with E-state index in [4.69, 9.17) is 10.7 Å². The third kappa shape index (κ3) is 3.47. The normalized spacial score (nSPS) is 20.1. The highest BCUT2D eigenvalue weighted by atomic mass is 15.2. The third-order valence-corrected chi connectivity index (χ3v) is 4.14. The van der Waals surface area contributed by atoms with Crippen molar-refractivity contribution >= 4 is 5.82 Å². The number of hydrogen-bond donors (Lipinski definition) is 1. The van der Waals surface area contributed by atoms with Crippen molar-refractivity contribution in [3.8, 4) is 0 Å². The average Bonchev–Trinajstić information content (AvgIpc) is 2.46. The second-order valence-electron chi connectivity index (χ2n) is 5.98. The molecule has 1 fully saturated rings. The summed E-state index contributed by atoms with van der Waals surface area (Å²) in [7, 11) is 0. The minimum atomic E-state index is 0.456. The van der Waals surface area contributed by atoms with Crippen molar-refractivity contribution in [1.82, 2.24) is 4.98 Å². The minimum Gasteiger partial charge on any atom is -0.356 e. The Bertz CT molecular complexity index is 414. The van der Waals surface area contributed by atoms with Crippen LogP contribution in [0, 0.1) is 5.92 Å². The van der Waals surface area contributed by atoms with Crippen molar-refractivity contribution in [1.29, 1.82) is 0 Å². The van der Waals surface area contributed by atoms with Crippen LogP contribution in [0.2, 0.25) is 0 Å². The van der Waals surface area contributed by atoms with Crippen LogP contribution in [0.25, 0.3) is 0 Å². The Morgan fingerprint density at radius 1 is 1.42 bits per heavy atom. The topological polar surface area (TPSA) is 42.1 Å². The van der Waals surface area contributed by atoms with E-state index in [1.165, 1.54) is 24.8 Å². The summed E-state index contributed by atoms with van der Waals surface area (Å²) in [6, 6.07) is 4.32. The molecule has 0 aliphatic carbocycles. The Morgan fingerprint density at radius 3 is 2.84 bits per heavy atom. The van der Waals surface area contributed by atoms with Crippen LogP contribution in [-0.2, 0) is 6.54 Å². The fraction of sp³-hybridized carbons (Fsp3) is 0.688. The van der Waals surface area contributed by atoms with Gasteiger partial charge in [0.15, 0.2) is 0 Å². The summed E-state index contributed by atoms with van der Waals surface area (Å²) in [6.07, 6.45) is 3.91. The SMILES string of the molecule is CCC1CCCN(c2cc(CN)cc(C(C)C)n2)C1. The monoisotopic (exact) mass is 261 g/mol. The van der Waals surface area contributed by atoms with Gasteiger partial charge >= 0.3 is 0 Å². The van der Waals surface area contributed by atoms with Crippen molar-refractivity contribution < 1.29 is 0 Å². The van der Waals surface area contributed by atoms with E-state index in [-0.39, 0.29) is 0 Å². The summed E-state index contributed by atoms with van der Waals surface area (Å²) in [5.74, 6) is 2.40. The van der Waals surface area contributed by atoms with E-state index in [0.717, 1.165) is 30.5 Å². The van der Waals surface area contributed by atoms with Gasteiger partial charge in [0.2, 0.25) is 0 Å². The van der Waals surface area contributed by atoms with E-state index in [0.29, 0.717) is 12.5 Å². The predicted molar refractivity (Wildman–Crippen MR) is 81.4 cm³/mol. The lowest BCUT2D eigenvalue weighted by Crippen LogP contribution is -2.36. The summed E-state index contributed by atoms with van der Waals surface area (Å²) in [4.78, 5) is 7.29. The number of hydrogen-bond acceptors (Lipinski definition) is 3. The fourth-order valence-electron chi connectivity index (χ4n) is 2.78. The second kappa shape index (κ2) is 6.38. The summed E-state index contributed by atoms with van der Waals surface area (Å²) in [6.45, 7) is 9.55. The van der Waals surface area contributed by atoms with Crippen molar-refractivity contribution in [3.63, 3.8) is 0 Å². The number of nitrogens with zero attached hydrogens (tertiary/aromatic N) is 2. The molecule has 0 spiro atoms. The molecule has 1 atom stereocenters. The maximum absolute atomic E-state index is 5.82. The van der Waals surface area contributed by atoms with Crippen LogP contribution in [-0.4, -0.2) is 18.1 Å². The van der Waals surface area contributed by atoms with Gasteiger partial charge in [-0.15, -0.1) is 0 Å². The molecule has 0 bridgehead atoms. The Kier molecular flexibility index (Phi) is 4.81. The molecule has 2 N–H and O–H groups in total. The van der Waals surface area contributed by atoms with Crippen LogP contribution in [0.5, 0.6) is 0 Å². The quantitative estimate of drug-likeness (QED) is 0.904. The minimum absolute atomic E-state index is 0.456. The number of rotatable bonds is 4. The molecule has 2 heterocycles. The number of piperidine rings is 1. The molecule has 0 aromatic carbocycles. The van der Waals surface area contributed by atoms with Gasteiger partial charge in [0.25, 0.3) is 0 Å². The fourth-order valence-corrected chi connectivity index (χ4v) is 2.78. The summed E-state index contributed by atoms with van der Waals surface area (Å²) < 4.78 is 0. The lowest BCUT2D eigenvalue weighted by Gasteiger charge is -2.33. The zero-order valence-electron chi connectivity index (χ0n) is 12.5. The van der Waals surface area contributed by atoms with E-state index >= 15 is 0 Å². The number of pyridine rings is 1. The van der Waals surface area contributed by atoms with Crippen LogP contribution in [0.4, 0.5) is 5.82 Å². The largest absolute Gasteiger partial charge is 0.356 e. The zero-order chi connectivity index (χ0) is 13.8. The molecule has 1 aliphatic heterocycles. The molecule has 1 aromatic rings. The first-order valence-corrected chi connectivity index (χ1v) is 7.60. The molecular weight excluding hydrogens is 234 g/mol. The maximum atomic E-state index is 5.82. The van der Waals surface area contributed by atoms with Crippen molar-refractivity contribution in [3.05, 3.63) is 23.4 Å². The van der Waals surface area contributed by atoms with Gasteiger partial charge < -0.3 is 10.6 Å². The first-order chi connectivity index (χ1) is 9.13. The number of anilines is 1. The summed E-state index contributed by atoms with van der Waals surface area (Å²) >= 11 is 0. The Morgan fingerprint density at radius 2 is 2.21 bits per heavy atom. The zero-order valence-corrected chi connectivity index (χ0v) is 12.5. The Balaban J connectivity index is 2.25.